The molecule has 0 unspecified atom stereocenters. The second-order valence-electron chi connectivity index (χ2n) is 5.45. The number of carbonyl (C=O) groups is 1. The van der Waals surface area contributed by atoms with Gasteiger partial charge in [0.1, 0.15) is 5.82 Å². The minimum atomic E-state index is -4.74. The van der Waals surface area contributed by atoms with Crippen molar-refractivity contribution in [2.45, 2.75) is 17.2 Å². The first-order valence-corrected chi connectivity index (χ1v) is 8.34. The van der Waals surface area contributed by atoms with Crippen LogP contribution in [-0.4, -0.2) is 14.3 Å². The maximum atomic E-state index is 12.9. The van der Waals surface area contributed by atoms with Crippen LogP contribution in [0.2, 0.25) is 0 Å². The van der Waals surface area contributed by atoms with Crippen LogP contribution in [0.4, 0.5) is 14.0 Å². The molecule has 120 valence electrons. The summed E-state index contributed by atoms with van der Waals surface area (Å²) in [7, 11) is -4.74. The largest absolute Gasteiger partial charge is 0.332 e. The van der Waals surface area contributed by atoms with Crippen LogP contribution < -0.4 is 5.32 Å². The topological polar surface area (TPSA) is 63.2 Å². The summed E-state index contributed by atoms with van der Waals surface area (Å²) in [5, 5.41) is 2.66. The molecule has 0 bridgehead atoms. The molecule has 1 N–H and O–H groups in total. The van der Waals surface area contributed by atoms with Crippen molar-refractivity contribution >= 4 is 21.8 Å². The smallest absolute Gasteiger partial charge is 0.326 e. The Bertz CT molecular complexity index is 833. The monoisotopic (exact) mass is 337 g/mol. The number of halogens is 2. The van der Waals surface area contributed by atoms with Gasteiger partial charge in [0.05, 0.1) is 4.90 Å². The maximum Gasteiger partial charge on any atom is 0.332 e. The Balaban J connectivity index is 1.63. The minimum Gasteiger partial charge on any atom is -0.326 e. The van der Waals surface area contributed by atoms with Gasteiger partial charge < -0.3 is 5.32 Å². The quantitative estimate of drug-likeness (QED) is 0.871. The molecule has 0 aliphatic heterocycles. The van der Waals surface area contributed by atoms with Crippen LogP contribution in [0.5, 0.6) is 0 Å². The van der Waals surface area contributed by atoms with E-state index >= 15 is 0 Å². The van der Waals surface area contributed by atoms with Crippen LogP contribution in [0.25, 0.3) is 0 Å². The fourth-order valence-electron chi connectivity index (χ4n) is 2.50. The van der Waals surface area contributed by atoms with Crippen LogP contribution in [-0.2, 0) is 15.0 Å². The standard InChI is InChI=1S/C16H13F2NO3S/c17-11-3-1-10(2-4-11)14-9-15(14)16(20)19-12-5-7-13(8-6-12)23(18,21)22/h1-8,14-15H,9H2,(H,19,20)/t14-,15+/m0/s1. The van der Waals surface area contributed by atoms with Crippen LogP contribution in [0.3, 0.4) is 0 Å². The zero-order valence-electron chi connectivity index (χ0n) is 11.9. The molecule has 0 aromatic heterocycles. The van der Waals surface area contributed by atoms with Gasteiger partial charge in [0.15, 0.2) is 0 Å². The highest BCUT2D eigenvalue weighted by molar-refractivity contribution is 7.86. The number of benzene rings is 2. The molecule has 2 aromatic carbocycles. The van der Waals surface area contributed by atoms with Gasteiger partial charge in [-0.3, -0.25) is 4.79 Å². The van der Waals surface area contributed by atoms with E-state index < -0.39 is 15.1 Å². The summed E-state index contributed by atoms with van der Waals surface area (Å²) < 4.78 is 47.1. The van der Waals surface area contributed by atoms with Crippen molar-refractivity contribution in [2.75, 3.05) is 5.32 Å². The van der Waals surface area contributed by atoms with Gasteiger partial charge in [0.25, 0.3) is 0 Å². The lowest BCUT2D eigenvalue weighted by Gasteiger charge is -2.05. The fourth-order valence-corrected chi connectivity index (χ4v) is 2.96. The summed E-state index contributed by atoms with van der Waals surface area (Å²) in [5.41, 5.74) is 1.30. The van der Waals surface area contributed by atoms with Crippen molar-refractivity contribution in [1.82, 2.24) is 0 Å². The molecule has 0 saturated heterocycles. The first-order chi connectivity index (χ1) is 10.8. The average molecular weight is 337 g/mol. The second kappa shape index (κ2) is 5.73. The molecule has 1 fully saturated rings. The van der Waals surface area contributed by atoms with Crippen molar-refractivity contribution in [2.24, 2.45) is 5.92 Å². The van der Waals surface area contributed by atoms with Crippen LogP contribution in [0, 0.1) is 11.7 Å². The van der Waals surface area contributed by atoms with Crippen molar-refractivity contribution in [3.8, 4) is 0 Å². The normalized spacial score (nSPS) is 20.1. The molecular formula is C16H13F2NO3S. The van der Waals surface area contributed by atoms with Crippen molar-refractivity contribution in [1.29, 1.82) is 0 Å². The number of hydrogen-bond donors (Lipinski definition) is 1. The summed E-state index contributed by atoms with van der Waals surface area (Å²) in [6.45, 7) is 0. The molecule has 0 heterocycles. The Morgan fingerprint density at radius 1 is 1.04 bits per heavy atom. The lowest BCUT2D eigenvalue weighted by Crippen LogP contribution is -2.14. The molecule has 3 rings (SSSR count). The van der Waals surface area contributed by atoms with Gasteiger partial charge in [-0.2, -0.15) is 8.42 Å². The minimum absolute atomic E-state index is 0.0566. The van der Waals surface area contributed by atoms with Crippen molar-refractivity contribution < 1.29 is 21.5 Å². The molecule has 0 spiro atoms. The molecule has 7 heteroatoms. The maximum absolute atomic E-state index is 12.9. The summed E-state index contributed by atoms with van der Waals surface area (Å²) in [6.07, 6.45) is 0.675. The highest BCUT2D eigenvalue weighted by Crippen LogP contribution is 2.47. The molecule has 1 amide bonds. The van der Waals surface area contributed by atoms with E-state index in [0.717, 1.165) is 17.7 Å². The highest BCUT2D eigenvalue weighted by atomic mass is 32.3. The number of amides is 1. The Morgan fingerprint density at radius 2 is 1.65 bits per heavy atom. The summed E-state index contributed by atoms with van der Waals surface area (Å²) in [4.78, 5) is 11.7. The summed E-state index contributed by atoms with van der Waals surface area (Å²) >= 11 is 0. The molecule has 2 atom stereocenters. The number of hydrogen-bond acceptors (Lipinski definition) is 3. The van der Waals surface area contributed by atoms with E-state index in [9.17, 15) is 21.5 Å². The third kappa shape index (κ3) is 3.56. The molecular weight excluding hydrogens is 324 g/mol. The van der Waals surface area contributed by atoms with E-state index in [4.69, 9.17) is 0 Å². The predicted octanol–water partition coefficient (Wildman–Crippen LogP) is 3.23. The Kier molecular flexibility index (Phi) is 3.89. The Morgan fingerprint density at radius 3 is 2.22 bits per heavy atom. The SMILES string of the molecule is O=C(Nc1ccc(S(=O)(=O)F)cc1)[C@@H]1C[C@H]1c1ccc(F)cc1. The Labute approximate surface area is 132 Å². The number of anilines is 1. The fraction of sp³-hybridized carbons (Fsp3) is 0.188. The van der Waals surface area contributed by atoms with Crippen LogP contribution >= 0.6 is 0 Å². The van der Waals surface area contributed by atoms with Crippen molar-refractivity contribution in [3.05, 3.63) is 59.9 Å². The zero-order chi connectivity index (χ0) is 16.6. The van der Waals surface area contributed by atoms with E-state index in [1.165, 1.54) is 24.3 Å². The predicted molar refractivity (Wildman–Crippen MR) is 80.6 cm³/mol. The molecule has 1 saturated carbocycles. The van der Waals surface area contributed by atoms with E-state index in [-0.39, 0.29) is 23.6 Å². The number of carbonyl (C=O) groups excluding carboxylic acids is 1. The molecule has 1 aliphatic carbocycles. The molecule has 1 aliphatic rings. The first kappa shape index (κ1) is 15.6. The molecule has 0 radical (unpaired) electrons. The number of nitrogens with one attached hydrogen (secondary N) is 1. The first-order valence-electron chi connectivity index (χ1n) is 6.95. The summed E-state index contributed by atoms with van der Waals surface area (Å²) in [6, 6.07) is 10.9. The van der Waals surface area contributed by atoms with E-state index in [1.807, 2.05) is 0 Å². The highest BCUT2D eigenvalue weighted by Gasteiger charge is 2.43. The van der Waals surface area contributed by atoms with Gasteiger partial charge >= 0.3 is 10.2 Å². The molecule has 4 nitrogen and oxygen atoms in total. The molecule has 23 heavy (non-hydrogen) atoms. The van der Waals surface area contributed by atoms with Gasteiger partial charge in [0, 0.05) is 11.6 Å². The van der Waals surface area contributed by atoms with E-state index in [1.54, 1.807) is 12.1 Å². The van der Waals surface area contributed by atoms with Crippen molar-refractivity contribution in [3.63, 3.8) is 0 Å². The summed E-state index contributed by atoms with van der Waals surface area (Å²) in [5.74, 6) is -0.667. The van der Waals surface area contributed by atoms with E-state index in [0.29, 0.717) is 12.1 Å². The van der Waals surface area contributed by atoms with Gasteiger partial charge in [-0.15, -0.1) is 3.89 Å². The van der Waals surface area contributed by atoms with Crippen LogP contribution in [0.15, 0.2) is 53.4 Å². The zero-order valence-corrected chi connectivity index (χ0v) is 12.7. The second-order valence-corrected chi connectivity index (χ2v) is 6.80. The van der Waals surface area contributed by atoms with Crippen LogP contribution in [0.1, 0.15) is 17.9 Å². The molecule has 2 aromatic rings. The number of rotatable bonds is 4. The Hall–Kier alpha value is -2.28. The van der Waals surface area contributed by atoms with Gasteiger partial charge in [-0.1, -0.05) is 12.1 Å². The third-order valence-electron chi connectivity index (χ3n) is 3.83. The van der Waals surface area contributed by atoms with Gasteiger partial charge in [-0.05, 0) is 54.3 Å². The van der Waals surface area contributed by atoms with Gasteiger partial charge in [0.2, 0.25) is 5.91 Å². The third-order valence-corrected chi connectivity index (χ3v) is 4.66. The lowest BCUT2D eigenvalue weighted by molar-refractivity contribution is -0.117. The van der Waals surface area contributed by atoms with Gasteiger partial charge in [-0.25, -0.2) is 4.39 Å². The average Bonchev–Trinajstić information content (AvgIpc) is 3.28. The lowest BCUT2D eigenvalue weighted by atomic mass is 10.1. The van der Waals surface area contributed by atoms with E-state index in [2.05, 4.69) is 5.32 Å².